The van der Waals surface area contributed by atoms with Crippen LogP contribution in [0, 0.1) is 0 Å². The summed E-state index contributed by atoms with van der Waals surface area (Å²) in [6.07, 6.45) is 6.05. The monoisotopic (exact) mass is 252 g/mol. The zero-order valence-electron chi connectivity index (χ0n) is 9.91. The van der Waals surface area contributed by atoms with Gasteiger partial charge in [-0.15, -0.1) is 0 Å². The smallest absolute Gasteiger partial charge is 0.262 e. The lowest BCUT2D eigenvalue weighted by Crippen LogP contribution is -2.16. The molecule has 0 spiro atoms. The van der Waals surface area contributed by atoms with Crippen molar-refractivity contribution in [2.24, 2.45) is 0 Å². The minimum Gasteiger partial charge on any atom is -0.290 e. The minimum absolute atomic E-state index is 0.112. The molecular formula is C14H10N3O2. The number of hydrogen-bond donors (Lipinski definition) is 1. The third kappa shape index (κ3) is 3.57. The molecular weight excluding hydrogens is 242 g/mol. The fourth-order valence-corrected chi connectivity index (χ4v) is 1.39. The van der Waals surface area contributed by atoms with E-state index in [1.807, 2.05) is 18.2 Å². The summed E-state index contributed by atoms with van der Waals surface area (Å²) < 4.78 is 0. The maximum Gasteiger partial charge on any atom is 0.262 e. The van der Waals surface area contributed by atoms with Crippen LogP contribution in [0.3, 0.4) is 0 Å². The molecule has 2 aromatic rings. The number of benzene rings is 1. The molecule has 0 saturated carbocycles. The summed E-state index contributed by atoms with van der Waals surface area (Å²) in [7, 11) is 0. The van der Waals surface area contributed by atoms with Crippen LogP contribution in [0.5, 0.6) is 0 Å². The van der Waals surface area contributed by atoms with Gasteiger partial charge < -0.3 is 0 Å². The molecule has 2 rings (SSSR count). The number of amides is 1. The van der Waals surface area contributed by atoms with Gasteiger partial charge in [0.05, 0.1) is 5.57 Å². The van der Waals surface area contributed by atoms with Crippen LogP contribution in [-0.4, -0.2) is 22.2 Å². The summed E-state index contributed by atoms with van der Waals surface area (Å²) in [6, 6.07) is 10.7. The molecule has 1 radical (unpaired) electrons. The Balaban J connectivity index is 2.16. The minimum atomic E-state index is -0.593. The molecule has 5 nitrogen and oxygen atoms in total. The maximum atomic E-state index is 11.8. The fraction of sp³-hybridized carbons (Fsp3) is 0. The molecule has 0 atom stereocenters. The zero-order chi connectivity index (χ0) is 13.5. The highest BCUT2D eigenvalue weighted by atomic mass is 16.2. The first kappa shape index (κ1) is 12.6. The third-order valence-electron chi connectivity index (χ3n) is 2.26. The molecule has 0 saturated heterocycles. The zero-order valence-corrected chi connectivity index (χ0v) is 9.91. The Hall–Kier alpha value is -2.82. The molecule has 1 N–H and O–H groups in total. The standard InChI is InChI=1S/C14H10N3O2/c18-10-12(9-11-5-2-1-3-6-11)13(19)17-14-15-7-4-8-16-14/h1-9H,(H,15,16,17,19). The van der Waals surface area contributed by atoms with Gasteiger partial charge in [0, 0.05) is 12.4 Å². The molecule has 1 heterocycles. The van der Waals surface area contributed by atoms with E-state index in [9.17, 15) is 9.59 Å². The van der Waals surface area contributed by atoms with Gasteiger partial charge in [-0.25, -0.2) is 9.97 Å². The van der Waals surface area contributed by atoms with Crippen LogP contribution < -0.4 is 5.32 Å². The van der Waals surface area contributed by atoms with E-state index in [1.165, 1.54) is 18.5 Å². The molecule has 0 aliphatic rings. The van der Waals surface area contributed by atoms with Gasteiger partial charge in [-0.1, -0.05) is 30.3 Å². The van der Waals surface area contributed by atoms with Crippen molar-refractivity contribution < 1.29 is 9.59 Å². The lowest BCUT2D eigenvalue weighted by Gasteiger charge is -2.01. The molecule has 1 aromatic carbocycles. The van der Waals surface area contributed by atoms with Gasteiger partial charge in [-0.3, -0.25) is 14.9 Å². The Morgan fingerprint density at radius 3 is 2.42 bits per heavy atom. The summed E-state index contributed by atoms with van der Waals surface area (Å²) in [6.45, 7) is 0. The Morgan fingerprint density at radius 1 is 1.11 bits per heavy atom. The van der Waals surface area contributed by atoms with Crippen molar-refractivity contribution in [3.05, 3.63) is 59.9 Å². The average molecular weight is 252 g/mol. The van der Waals surface area contributed by atoms with Gasteiger partial charge in [0.15, 0.2) is 0 Å². The largest absolute Gasteiger partial charge is 0.290 e. The molecule has 0 aliphatic carbocycles. The van der Waals surface area contributed by atoms with Crippen LogP contribution in [-0.2, 0) is 9.59 Å². The van der Waals surface area contributed by atoms with E-state index in [-0.39, 0.29) is 11.5 Å². The summed E-state index contributed by atoms with van der Waals surface area (Å²) in [4.78, 5) is 30.4. The lowest BCUT2D eigenvalue weighted by atomic mass is 10.1. The van der Waals surface area contributed by atoms with Crippen molar-refractivity contribution in [1.82, 2.24) is 9.97 Å². The Bertz CT molecular complexity index is 595. The van der Waals surface area contributed by atoms with Gasteiger partial charge in [-0.05, 0) is 17.7 Å². The molecule has 0 fully saturated rings. The second-order valence-electron chi connectivity index (χ2n) is 3.60. The van der Waals surface area contributed by atoms with E-state index < -0.39 is 5.91 Å². The molecule has 1 amide bonds. The SMILES string of the molecule is O=[C]C(=Cc1ccccc1)C(=O)Nc1ncccn1. The second kappa shape index (κ2) is 6.20. The Labute approximate surface area is 110 Å². The highest BCUT2D eigenvalue weighted by Crippen LogP contribution is 2.07. The van der Waals surface area contributed by atoms with Gasteiger partial charge in [0.1, 0.15) is 0 Å². The number of nitrogens with zero attached hydrogens (tertiary/aromatic N) is 2. The van der Waals surface area contributed by atoms with Crippen LogP contribution in [0.4, 0.5) is 5.95 Å². The van der Waals surface area contributed by atoms with Crippen LogP contribution in [0.25, 0.3) is 6.08 Å². The summed E-state index contributed by atoms with van der Waals surface area (Å²) in [5.74, 6) is -0.452. The normalized spacial score (nSPS) is 10.8. The van der Waals surface area contributed by atoms with Crippen molar-refractivity contribution in [2.75, 3.05) is 5.32 Å². The molecule has 93 valence electrons. The summed E-state index contributed by atoms with van der Waals surface area (Å²) in [5.41, 5.74) is 0.628. The van der Waals surface area contributed by atoms with Gasteiger partial charge in [0.25, 0.3) is 5.91 Å². The van der Waals surface area contributed by atoms with Crippen LogP contribution in [0.1, 0.15) is 5.56 Å². The number of nitrogens with one attached hydrogen (secondary N) is 1. The Morgan fingerprint density at radius 2 is 1.79 bits per heavy atom. The lowest BCUT2D eigenvalue weighted by molar-refractivity contribution is -0.112. The van der Waals surface area contributed by atoms with Crippen LogP contribution in [0.2, 0.25) is 0 Å². The highest BCUT2D eigenvalue weighted by Gasteiger charge is 2.10. The molecule has 1 aromatic heterocycles. The number of hydrogen-bond acceptors (Lipinski definition) is 4. The average Bonchev–Trinajstić information content (AvgIpc) is 2.47. The molecule has 5 heteroatoms. The van der Waals surface area contributed by atoms with E-state index >= 15 is 0 Å². The van der Waals surface area contributed by atoms with Crippen molar-refractivity contribution in [2.45, 2.75) is 0 Å². The Kier molecular flexibility index (Phi) is 4.12. The first-order valence-electron chi connectivity index (χ1n) is 5.53. The van der Waals surface area contributed by atoms with E-state index in [2.05, 4.69) is 15.3 Å². The highest BCUT2D eigenvalue weighted by molar-refractivity contribution is 6.19. The topological polar surface area (TPSA) is 72.0 Å². The second-order valence-corrected chi connectivity index (χ2v) is 3.60. The van der Waals surface area contributed by atoms with Crippen molar-refractivity contribution in [3.8, 4) is 0 Å². The predicted octanol–water partition coefficient (Wildman–Crippen LogP) is 1.61. The first-order chi connectivity index (χ1) is 9.29. The molecule has 0 aliphatic heterocycles. The third-order valence-corrected chi connectivity index (χ3v) is 2.26. The molecule has 0 unspecified atom stereocenters. The van der Waals surface area contributed by atoms with Crippen molar-refractivity contribution in [3.63, 3.8) is 0 Å². The number of carbonyl (C=O) groups excluding carboxylic acids is 2. The van der Waals surface area contributed by atoms with E-state index in [1.54, 1.807) is 24.5 Å². The van der Waals surface area contributed by atoms with Gasteiger partial charge in [0.2, 0.25) is 12.2 Å². The number of anilines is 1. The van der Waals surface area contributed by atoms with E-state index in [0.29, 0.717) is 0 Å². The number of carbonyl (C=O) groups is 1. The van der Waals surface area contributed by atoms with E-state index in [0.717, 1.165) is 5.56 Å². The van der Waals surface area contributed by atoms with Crippen molar-refractivity contribution in [1.29, 1.82) is 0 Å². The number of aromatic nitrogens is 2. The first-order valence-corrected chi connectivity index (χ1v) is 5.53. The summed E-state index contributed by atoms with van der Waals surface area (Å²) in [5, 5.41) is 2.42. The predicted molar refractivity (Wildman–Crippen MR) is 70.8 cm³/mol. The maximum absolute atomic E-state index is 11.8. The summed E-state index contributed by atoms with van der Waals surface area (Å²) >= 11 is 0. The van der Waals surface area contributed by atoms with Crippen LogP contribution in [0.15, 0.2) is 54.4 Å². The number of rotatable bonds is 4. The van der Waals surface area contributed by atoms with Crippen molar-refractivity contribution >= 4 is 24.2 Å². The molecule has 0 bridgehead atoms. The van der Waals surface area contributed by atoms with E-state index in [4.69, 9.17) is 0 Å². The quantitative estimate of drug-likeness (QED) is 0.509. The van der Waals surface area contributed by atoms with Crippen LogP contribution >= 0.6 is 0 Å². The fourth-order valence-electron chi connectivity index (χ4n) is 1.39. The van der Waals surface area contributed by atoms with Gasteiger partial charge in [-0.2, -0.15) is 0 Å². The van der Waals surface area contributed by atoms with Gasteiger partial charge >= 0.3 is 0 Å². The molecule has 19 heavy (non-hydrogen) atoms.